The fourth-order valence-corrected chi connectivity index (χ4v) is 3.05. The zero-order valence-corrected chi connectivity index (χ0v) is 14.1. The molecule has 3 aromatic rings. The maximum absolute atomic E-state index is 13.3. The van der Waals surface area contributed by atoms with Crippen molar-refractivity contribution in [3.63, 3.8) is 0 Å². The lowest BCUT2D eigenvalue weighted by molar-refractivity contribution is 0.270. The summed E-state index contributed by atoms with van der Waals surface area (Å²) in [5, 5.41) is 8.93. The molecule has 0 bridgehead atoms. The van der Waals surface area contributed by atoms with Crippen molar-refractivity contribution in [3.8, 4) is 6.07 Å². The van der Waals surface area contributed by atoms with Gasteiger partial charge in [0.25, 0.3) is 0 Å². The number of halogens is 1. The van der Waals surface area contributed by atoms with E-state index in [0.717, 1.165) is 23.2 Å². The van der Waals surface area contributed by atoms with Crippen molar-refractivity contribution in [1.82, 2.24) is 4.90 Å². The van der Waals surface area contributed by atoms with Crippen LogP contribution in [0.25, 0.3) is 0 Å². The molecule has 1 unspecified atom stereocenters. The minimum atomic E-state index is -0.231. The molecule has 0 fully saturated rings. The van der Waals surface area contributed by atoms with Gasteiger partial charge in [-0.25, -0.2) is 4.39 Å². The standard InChI is InChI=1S/C22H19FN2/c1-25(16-18-9-7-17(15-24)8-10-18)22(19-5-3-2-4-6-19)20-11-13-21(23)14-12-20/h2-14,22H,16H2,1H3. The molecule has 0 aliphatic heterocycles. The quantitative estimate of drug-likeness (QED) is 0.664. The summed E-state index contributed by atoms with van der Waals surface area (Å²) in [6, 6.07) is 26.6. The Kier molecular flexibility index (Phi) is 5.23. The first-order valence-corrected chi connectivity index (χ1v) is 8.17. The first-order chi connectivity index (χ1) is 12.2. The summed E-state index contributed by atoms with van der Waals surface area (Å²) in [6.45, 7) is 0.725. The Balaban J connectivity index is 1.90. The highest BCUT2D eigenvalue weighted by Gasteiger charge is 2.19. The Morgan fingerprint density at radius 3 is 2.08 bits per heavy atom. The lowest BCUT2D eigenvalue weighted by atomic mass is 9.97. The van der Waals surface area contributed by atoms with E-state index in [1.165, 1.54) is 12.1 Å². The topological polar surface area (TPSA) is 27.0 Å². The monoisotopic (exact) mass is 330 g/mol. The van der Waals surface area contributed by atoms with E-state index in [1.54, 1.807) is 0 Å². The van der Waals surface area contributed by atoms with Crippen molar-refractivity contribution >= 4 is 0 Å². The summed E-state index contributed by atoms with van der Waals surface area (Å²) in [7, 11) is 2.05. The molecule has 0 aliphatic carbocycles. The number of nitriles is 1. The van der Waals surface area contributed by atoms with E-state index in [1.807, 2.05) is 54.6 Å². The van der Waals surface area contributed by atoms with E-state index in [9.17, 15) is 4.39 Å². The molecule has 3 rings (SSSR count). The van der Waals surface area contributed by atoms with Crippen LogP contribution < -0.4 is 0 Å². The first kappa shape index (κ1) is 16.9. The van der Waals surface area contributed by atoms with Gasteiger partial charge in [0, 0.05) is 6.54 Å². The van der Waals surface area contributed by atoms with Crippen LogP contribution in [0.4, 0.5) is 4.39 Å². The molecule has 0 heterocycles. The molecule has 0 radical (unpaired) electrons. The Bertz CT molecular complexity index is 849. The van der Waals surface area contributed by atoms with Gasteiger partial charge in [0.1, 0.15) is 5.82 Å². The molecular formula is C22H19FN2. The van der Waals surface area contributed by atoms with Crippen LogP contribution in [0.2, 0.25) is 0 Å². The van der Waals surface area contributed by atoms with Gasteiger partial charge in [-0.05, 0) is 48.0 Å². The van der Waals surface area contributed by atoms with Crippen molar-refractivity contribution in [2.45, 2.75) is 12.6 Å². The van der Waals surface area contributed by atoms with Gasteiger partial charge in [-0.15, -0.1) is 0 Å². The highest BCUT2D eigenvalue weighted by Crippen LogP contribution is 2.29. The van der Waals surface area contributed by atoms with Crippen molar-refractivity contribution in [3.05, 3.63) is 107 Å². The maximum atomic E-state index is 13.3. The predicted molar refractivity (Wildman–Crippen MR) is 97.3 cm³/mol. The van der Waals surface area contributed by atoms with Crippen molar-refractivity contribution in [1.29, 1.82) is 5.26 Å². The smallest absolute Gasteiger partial charge is 0.123 e. The zero-order valence-electron chi connectivity index (χ0n) is 14.1. The first-order valence-electron chi connectivity index (χ1n) is 8.17. The summed E-state index contributed by atoms with van der Waals surface area (Å²) in [6.07, 6.45) is 0. The van der Waals surface area contributed by atoms with E-state index in [4.69, 9.17) is 5.26 Å². The summed E-state index contributed by atoms with van der Waals surface area (Å²) in [5.41, 5.74) is 3.99. The Hall–Kier alpha value is -2.96. The number of hydrogen-bond acceptors (Lipinski definition) is 2. The van der Waals surface area contributed by atoms with Gasteiger partial charge in [0.15, 0.2) is 0 Å². The van der Waals surface area contributed by atoms with Gasteiger partial charge in [-0.2, -0.15) is 5.26 Å². The van der Waals surface area contributed by atoms with Crippen molar-refractivity contribution in [2.24, 2.45) is 0 Å². The zero-order chi connectivity index (χ0) is 17.6. The molecule has 2 nitrogen and oxygen atoms in total. The molecule has 25 heavy (non-hydrogen) atoms. The average Bonchev–Trinajstić information content (AvgIpc) is 2.65. The number of nitrogens with zero attached hydrogens (tertiary/aromatic N) is 2. The summed E-state index contributed by atoms with van der Waals surface area (Å²) >= 11 is 0. The maximum Gasteiger partial charge on any atom is 0.123 e. The Labute approximate surface area is 147 Å². The second kappa shape index (κ2) is 7.74. The third-order valence-corrected chi connectivity index (χ3v) is 4.26. The number of rotatable bonds is 5. The summed E-state index contributed by atoms with van der Waals surface area (Å²) in [4.78, 5) is 2.23. The summed E-state index contributed by atoms with van der Waals surface area (Å²) in [5.74, 6) is -0.231. The van der Waals surface area contributed by atoms with E-state index < -0.39 is 0 Å². The molecule has 0 amide bonds. The lowest BCUT2D eigenvalue weighted by Crippen LogP contribution is -2.25. The SMILES string of the molecule is CN(Cc1ccc(C#N)cc1)C(c1ccccc1)c1ccc(F)cc1. The third kappa shape index (κ3) is 4.12. The summed E-state index contributed by atoms with van der Waals surface area (Å²) < 4.78 is 13.3. The van der Waals surface area contributed by atoms with E-state index in [0.29, 0.717) is 5.56 Å². The predicted octanol–water partition coefficient (Wildman–Crippen LogP) is 4.92. The van der Waals surface area contributed by atoms with Gasteiger partial charge >= 0.3 is 0 Å². The Morgan fingerprint density at radius 2 is 1.48 bits per heavy atom. The van der Waals surface area contributed by atoms with Crippen LogP contribution in [-0.2, 0) is 6.54 Å². The molecule has 0 aromatic heterocycles. The van der Waals surface area contributed by atoms with Crippen LogP contribution in [0.15, 0.2) is 78.9 Å². The highest BCUT2D eigenvalue weighted by molar-refractivity contribution is 5.34. The average molecular weight is 330 g/mol. The molecule has 0 saturated heterocycles. The molecular weight excluding hydrogens is 311 g/mol. The van der Waals surface area contributed by atoms with Crippen molar-refractivity contribution < 1.29 is 4.39 Å². The number of hydrogen-bond donors (Lipinski definition) is 0. The van der Waals surface area contributed by atoms with E-state index in [-0.39, 0.29) is 11.9 Å². The van der Waals surface area contributed by atoms with Gasteiger partial charge < -0.3 is 0 Å². The normalized spacial score (nSPS) is 11.9. The van der Waals surface area contributed by atoms with Crippen LogP contribution >= 0.6 is 0 Å². The molecule has 0 spiro atoms. The number of benzene rings is 3. The fourth-order valence-electron chi connectivity index (χ4n) is 3.05. The Morgan fingerprint density at radius 1 is 0.880 bits per heavy atom. The van der Waals surface area contributed by atoms with Crippen LogP contribution in [0.1, 0.15) is 28.3 Å². The highest BCUT2D eigenvalue weighted by atomic mass is 19.1. The molecule has 0 saturated carbocycles. The minimum Gasteiger partial charge on any atom is -0.291 e. The van der Waals surface area contributed by atoms with Gasteiger partial charge in [0.2, 0.25) is 0 Å². The van der Waals surface area contributed by atoms with Crippen LogP contribution in [0.5, 0.6) is 0 Å². The van der Waals surface area contributed by atoms with Gasteiger partial charge in [-0.3, -0.25) is 4.90 Å². The molecule has 3 aromatic carbocycles. The molecule has 3 heteroatoms. The molecule has 1 atom stereocenters. The largest absolute Gasteiger partial charge is 0.291 e. The van der Waals surface area contributed by atoms with Crippen LogP contribution in [0, 0.1) is 17.1 Å². The van der Waals surface area contributed by atoms with Gasteiger partial charge in [0.05, 0.1) is 17.7 Å². The lowest BCUT2D eigenvalue weighted by Gasteiger charge is -2.29. The van der Waals surface area contributed by atoms with E-state index in [2.05, 4.69) is 30.1 Å². The fraction of sp³-hybridized carbons (Fsp3) is 0.136. The second-order valence-electron chi connectivity index (χ2n) is 6.09. The minimum absolute atomic E-state index is 0.0254. The van der Waals surface area contributed by atoms with E-state index >= 15 is 0 Å². The molecule has 0 N–H and O–H groups in total. The molecule has 124 valence electrons. The molecule has 0 aliphatic rings. The third-order valence-electron chi connectivity index (χ3n) is 4.26. The van der Waals surface area contributed by atoms with Crippen LogP contribution in [0.3, 0.4) is 0 Å². The van der Waals surface area contributed by atoms with Crippen LogP contribution in [-0.4, -0.2) is 11.9 Å². The second-order valence-corrected chi connectivity index (χ2v) is 6.09. The van der Waals surface area contributed by atoms with Gasteiger partial charge in [-0.1, -0.05) is 54.6 Å². The van der Waals surface area contributed by atoms with Crippen molar-refractivity contribution in [2.75, 3.05) is 7.05 Å².